The molecule has 3 aromatic rings. The average Bonchev–Trinajstić information content (AvgIpc) is 3.18. The molecule has 0 unspecified atom stereocenters. The Morgan fingerprint density at radius 2 is 1.74 bits per heavy atom. The first-order valence-corrected chi connectivity index (χ1v) is 12.5. The summed E-state index contributed by atoms with van der Waals surface area (Å²) in [5.74, 6) is -2.30. The van der Waals surface area contributed by atoms with Crippen molar-refractivity contribution >= 4 is 15.9 Å². The Kier molecular flexibility index (Phi) is 7.23. The summed E-state index contributed by atoms with van der Waals surface area (Å²) in [4.78, 5) is 12.6. The lowest BCUT2D eigenvalue weighted by molar-refractivity contribution is -0.141. The van der Waals surface area contributed by atoms with E-state index in [0.717, 1.165) is 49.4 Å². The zero-order valence-corrected chi connectivity index (χ0v) is 20.5. The summed E-state index contributed by atoms with van der Waals surface area (Å²) < 4.78 is 107. The summed E-state index contributed by atoms with van der Waals surface area (Å²) in [5, 5.41) is 9.03. The number of nitrogens with one attached hydrogen (secondary N) is 1. The van der Waals surface area contributed by atoms with Gasteiger partial charge in [-0.25, -0.2) is 21.6 Å². The van der Waals surface area contributed by atoms with Crippen molar-refractivity contribution in [2.24, 2.45) is 0 Å². The number of nitrogens with zero attached hydrogens (tertiary/aromatic N) is 3. The normalized spacial score (nSPS) is 20.4. The number of alkyl halides is 4. The molecule has 0 radical (unpaired) electrons. The molecule has 202 valence electrons. The van der Waals surface area contributed by atoms with E-state index in [1.54, 1.807) is 0 Å². The molecule has 1 saturated heterocycles. The summed E-state index contributed by atoms with van der Waals surface area (Å²) >= 11 is 0. The SMILES string of the molecule is C[C@@]1(F)C[C@@H](C(=O)NCc2cc(F)cc(-c3ccc(C(F)(F)F)nn3)c2)N(S(=O)(=O)c2ccc(F)cc2)C1. The highest BCUT2D eigenvalue weighted by molar-refractivity contribution is 7.89. The Labute approximate surface area is 213 Å². The van der Waals surface area contributed by atoms with Crippen LogP contribution in [0.2, 0.25) is 0 Å². The van der Waals surface area contributed by atoms with E-state index in [1.807, 2.05) is 0 Å². The van der Waals surface area contributed by atoms with Crippen molar-refractivity contribution in [3.05, 3.63) is 77.5 Å². The number of rotatable bonds is 6. The van der Waals surface area contributed by atoms with Crippen molar-refractivity contribution in [3.8, 4) is 11.3 Å². The van der Waals surface area contributed by atoms with Gasteiger partial charge in [0.2, 0.25) is 15.9 Å². The Bertz CT molecular complexity index is 1450. The summed E-state index contributed by atoms with van der Waals surface area (Å²) in [6, 6.07) is 7.58. The van der Waals surface area contributed by atoms with Crippen LogP contribution in [0.15, 0.2) is 59.5 Å². The molecule has 1 fully saturated rings. The molecule has 1 aliphatic heterocycles. The van der Waals surface area contributed by atoms with Gasteiger partial charge in [0.15, 0.2) is 5.69 Å². The second-order valence-corrected chi connectivity index (χ2v) is 10.9. The van der Waals surface area contributed by atoms with Gasteiger partial charge in [0, 0.05) is 25.1 Å². The van der Waals surface area contributed by atoms with Gasteiger partial charge in [0.1, 0.15) is 23.3 Å². The first-order chi connectivity index (χ1) is 17.7. The van der Waals surface area contributed by atoms with Crippen LogP contribution in [0.4, 0.5) is 26.3 Å². The third-order valence-electron chi connectivity index (χ3n) is 5.85. The maximum Gasteiger partial charge on any atom is 0.435 e. The number of carbonyl (C=O) groups is 1. The average molecular weight is 559 g/mol. The number of amides is 1. The second kappa shape index (κ2) is 9.98. The van der Waals surface area contributed by atoms with E-state index in [9.17, 15) is 39.6 Å². The van der Waals surface area contributed by atoms with Crippen molar-refractivity contribution in [1.82, 2.24) is 19.8 Å². The molecule has 0 bridgehead atoms. The lowest BCUT2D eigenvalue weighted by atomic mass is 10.0. The van der Waals surface area contributed by atoms with Crippen molar-refractivity contribution < 1.29 is 39.6 Å². The predicted molar refractivity (Wildman–Crippen MR) is 122 cm³/mol. The first-order valence-electron chi connectivity index (χ1n) is 11.1. The number of aromatic nitrogens is 2. The molecule has 1 N–H and O–H groups in total. The molecule has 14 heteroatoms. The summed E-state index contributed by atoms with van der Waals surface area (Å²) in [7, 11) is -4.36. The van der Waals surface area contributed by atoms with Crippen molar-refractivity contribution in [1.29, 1.82) is 0 Å². The Morgan fingerprint density at radius 3 is 2.34 bits per heavy atom. The van der Waals surface area contributed by atoms with Crippen LogP contribution in [0, 0.1) is 11.6 Å². The van der Waals surface area contributed by atoms with Gasteiger partial charge in [-0.2, -0.15) is 17.5 Å². The smallest absolute Gasteiger partial charge is 0.351 e. The van der Waals surface area contributed by atoms with Gasteiger partial charge in [0.25, 0.3) is 0 Å². The van der Waals surface area contributed by atoms with Crippen LogP contribution in [0.3, 0.4) is 0 Å². The van der Waals surface area contributed by atoms with Gasteiger partial charge in [-0.3, -0.25) is 4.79 Å². The second-order valence-electron chi connectivity index (χ2n) is 9.00. The van der Waals surface area contributed by atoms with Gasteiger partial charge in [-0.15, -0.1) is 10.2 Å². The number of halogens is 6. The van der Waals surface area contributed by atoms with Crippen LogP contribution in [0.25, 0.3) is 11.3 Å². The highest BCUT2D eigenvalue weighted by atomic mass is 32.2. The number of hydrogen-bond donors (Lipinski definition) is 1. The van der Waals surface area contributed by atoms with Gasteiger partial charge < -0.3 is 5.32 Å². The van der Waals surface area contributed by atoms with Gasteiger partial charge in [-0.05, 0) is 67.1 Å². The largest absolute Gasteiger partial charge is 0.435 e. The van der Waals surface area contributed by atoms with E-state index in [2.05, 4.69) is 15.5 Å². The summed E-state index contributed by atoms with van der Waals surface area (Å²) in [6.45, 7) is 0.237. The highest BCUT2D eigenvalue weighted by Gasteiger charge is 2.49. The molecule has 2 heterocycles. The molecule has 1 aliphatic rings. The third kappa shape index (κ3) is 5.96. The molecular formula is C24H20F6N4O3S. The third-order valence-corrected chi connectivity index (χ3v) is 7.72. The van der Waals surface area contributed by atoms with E-state index >= 15 is 0 Å². The summed E-state index contributed by atoms with van der Waals surface area (Å²) in [6.07, 6.45) is -5.15. The fourth-order valence-corrected chi connectivity index (χ4v) is 5.76. The molecule has 0 aliphatic carbocycles. The van der Waals surface area contributed by atoms with Crippen molar-refractivity contribution in [2.75, 3.05) is 6.54 Å². The quantitative estimate of drug-likeness (QED) is 0.457. The molecule has 0 saturated carbocycles. The standard InChI is InChI=1S/C24H20F6N4O3S/c1-23(27)11-20(34(13-23)38(36,37)18-4-2-16(25)3-5-18)22(35)31-12-14-8-15(10-17(26)9-14)19-6-7-21(33-32-19)24(28,29)30/h2-10,20H,11-13H2,1H3,(H,31,35)/t20-,23+/m0/s1. The lowest BCUT2D eigenvalue weighted by Crippen LogP contribution is -2.45. The zero-order valence-electron chi connectivity index (χ0n) is 19.6. The van der Waals surface area contributed by atoms with Crippen LogP contribution in [-0.2, 0) is 27.5 Å². The molecule has 2 aromatic carbocycles. The molecule has 38 heavy (non-hydrogen) atoms. The monoisotopic (exact) mass is 558 g/mol. The predicted octanol–water partition coefficient (Wildman–Crippen LogP) is 4.25. The Hall–Kier alpha value is -3.52. The van der Waals surface area contributed by atoms with Crippen LogP contribution < -0.4 is 5.32 Å². The number of sulfonamides is 1. The lowest BCUT2D eigenvalue weighted by Gasteiger charge is -2.23. The molecule has 0 spiro atoms. The molecule has 2 atom stereocenters. The number of hydrogen-bond acceptors (Lipinski definition) is 5. The molecule has 7 nitrogen and oxygen atoms in total. The number of benzene rings is 2. The highest BCUT2D eigenvalue weighted by Crippen LogP contribution is 2.35. The number of carbonyl (C=O) groups excluding carboxylic acids is 1. The zero-order chi connectivity index (χ0) is 27.9. The van der Waals surface area contributed by atoms with E-state index in [0.29, 0.717) is 10.4 Å². The fourth-order valence-electron chi connectivity index (χ4n) is 4.07. The van der Waals surface area contributed by atoms with Gasteiger partial charge in [0.05, 0.1) is 10.6 Å². The minimum Gasteiger partial charge on any atom is -0.351 e. The van der Waals surface area contributed by atoms with Crippen molar-refractivity contribution in [2.45, 2.75) is 42.7 Å². The first kappa shape index (κ1) is 27.5. The molecular weight excluding hydrogens is 538 g/mol. The maximum atomic E-state index is 14.9. The minimum absolute atomic E-state index is 0.0503. The van der Waals surface area contributed by atoms with E-state index in [-0.39, 0.29) is 28.3 Å². The van der Waals surface area contributed by atoms with Crippen molar-refractivity contribution in [3.63, 3.8) is 0 Å². The van der Waals surface area contributed by atoms with Crippen LogP contribution in [0.1, 0.15) is 24.6 Å². The minimum atomic E-state index is -4.70. The van der Waals surface area contributed by atoms with E-state index in [1.165, 1.54) is 6.07 Å². The summed E-state index contributed by atoms with van der Waals surface area (Å²) in [5.41, 5.74) is -3.02. The van der Waals surface area contributed by atoms with Crippen LogP contribution in [0.5, 0.6) is 0 Å². The maximum absolute atomic E-state index is 14.9. The van der Waals surface area contributed by atoms with E-state index in [4.69, 9.17) is 0 Å². The molecule has 1 aromatic heterocycles. The van der Waals surface area contributed by atoms with Crippen LogP contribution in [-0.4, -0.2) is 47.1 Å². The topological polar surface area (TPSA) is 92.3 Å². The molecule has 4 rings (SSSR count). The van der Waals surface area contributed by atoms with Crippen LogP contribution >= 0.6 is 0 Å². The molecule has 1 amide bonds. The van der Waals surface area contributed by atoms with Gasteiger partial charge >= 0.3 is 6.18 Å². The Morgan fingerprint density at radius 1 is 1.05 bits per heavy atom. The van der Waals surface area contributed by atoms with E-state index < -0.39 is 64.1 Å². The Balaban J connectivity index is 1.52. The van der Waals surface area contributed by atoms with Gasteiger partial charge in [-0.1, -0.05) is 0 Å². The fraction of sp³-hybridized carbons (Fsp3) is 0.292.